The van der Waals surface area contributed by atoms with Crippen LogP contribution in [0.3, 0.4) is 0 Å². The van der Waals surface area contributed by atoms with E-state index in [0.717, 1.165) is 57.3 Å². The summed E-state index contributed by atoms with van der Waals surface area (Å²) in [5.41, 5.74) is 3.98. The largest absolute Gasteiger partial charge is 0.481 e. The van der Waals surface area contributed by atoms with Crippen molar-refractivity contribution in [3.05, 3.63) is 23.5 Å². The molecule has 2 aromatic rings. The standard InChI is InChI=1S/C16H20N6OS2.C2H4O2.ClH/c1-21-7-3-5-11(9-21)13-15(19-24-17-13)23-16-14(18-25-20-16)12-6-4-8-22(2)10-12;1-2(3)4;/h5-6H,3-4,7-10H2,1-2H3;1H3,(H,3,4);1H. The Morgan fingerprint density at radius 3 is 1.70 bits per heavy atom. The number of aromatic nitrogens is 4. The summed E-state index contributed by atoms with van der Waals surface area (Å²) in [7, 11) is 4.23. The van der Waals surface area contributed by atoms with Gasteiger partial charge in [0.1, 0.15) is 11.4 Å². The molecule has 12 heteroatoms. The molecule has 0 unspecified atom stereocenters. The lowest BCUT2D eigenvalue weighted by atomic mass is 10.1. The van der Waals surface area contributed by atoms with E-state index in [4.69, 9.17) is 14.6 Å². The smallest absolute Gasteiger partial charge is 0.300 e. The molecule has 0 radical (unpaired) electrons. The average molecular weight is 473 g/mol. The predicted octanol–water partition coefficient (Wildman–Crippen LogP) is 3.13. The molecule has 0 aromatic carbocycles. The lowest BCUT2D eigenvalue weighted by Gasteiger charge is -2.22. The number of carboxylic acids is 1. The third-order valence-electron chi connectivity index (χ3n) is 4.40. The second-order valence-corrected chi connectivity index (χ2v) is 8.03. The van der Waals surface area contributed by atoms with Crippen LogP contribution in [-0.4, -0.2) is 78.6 Å². The van der Waals surface area contributed by atoms with Gasteiger partial charge in [-0.2, -0.15) is 8.75 Å². The molecule has 1 N–H and O–H groups in total. The van der Waals surface area contributed by atoms with Crippen molar-refractivity contribution in [3.63, 3.8) is 0 Å². The summed E-state index contributed by atoms with van der Waals surface area (Å²) in [5.74, 6) is 0.232. The maximum atomic E-state index is 9.00. The Morgan fingerprint density at radius 1 is 0.933 bits per heavy atom. The summed E-state index contributed by atoms with van der Waals surface area (Å²) in [6, 6.07) is 0. The van der Waals surface area contributed by atoms with Crippen molar-refractivity contribution >= 4 is 53.0 Å². The molecular formula is C18H25ClN6O3S2. The number of aliphatic carboxylic acids is 1. The first-order valence-corrected chi connectivity index (χ1v) is 10.7. The van der Waals surface area contributed by atoms with Crippen LogP contribution < -0.4 is 4.74 Å². The van der Waals surface area contributed by atoms with Crippen molar-refractivity contribution in [3.8, 4) is 11.8 Å². The third-order valence-corrected chi connectivity index (χ3v) is 5.43. The van der Waals surface area contributed by atoms with Crippen LogP contribution in [0.4, 0.5) is 0 Å². The Bertz CT molecular complexity index is 843. The number of carboxylic acid groups (broad SMARTS) is 1. The minimum Gasteiger partial charge on any atom is -0.481 e. The molecule has 2 aliphatic rings. The normalized spacial score (nSPS) is 17.2. The summed E-state index contributed by atoms with van der Waals surface area (Å²) in [5, 5.41) is 7.42. The van der Waals surface area contributed by atoms with Crippen LogP contribution in [0.1, 0.15) is 31.2 Å². The first kappa shape index (κ1) is 24.4. The summed E-state index contributed by atoms with van der Waals surface area (Å²) >= 11 is 2.35. The van der Waals surface area contributed by atoms with Gasteiger partial charge >= 0.3 is 0 Å². The summed E-state index contributed by atoms with van der Waals surface area (Å²) in [6.45, 7) is 4.94. The molecule has 0 atom stereocenters. The maximum Gasteiger partial charge on any atom is 0.300 e. The highest BCUT2D eigenvalue weighted by atomic mass is 35.5. The third kappa shape index (κ3) is 6.54. The molecular weight excluding hydrogens is 448 g/mol. The van der Waals surface area contributed by atoms with Crippen molar-refractivity contribution in [2.75, 3.05) is 40.3 Å². The lowest BCUT2D eigenvalue weighted by molar-refractivity contribution is -0.134. The van der Waals surface area contributed by atoms with Gasteiger partial charge in [0.25, 0.3) is 17.7 Å². The van der Waals surface area contributed by atoms with Crippen LogP contribution in [0.15, 0.2) is 12.2 Å². The molecule has 164 valence electrons. The number of hydrogen-bond acceptors (Lipinski definition) is 10. The van der Waals surface area contributed by atoms with E-state index < -0.39 is 5.97 Å². The zero-order valence-corrected chi connectivity index (χ0v) is 19.5. The minimum absolute atomic E-state index is 0. The highest BCUT2D eigenvalue weighted by molar-refractivity contribution is 6.99. The van der Waals surface area contributed by atoms with Crippen molar-refractivity contribution in [2.24, 2.45) is 0 Å². The van der Waals surface area contributed by atoms with E-state index in [9.17, 15) is 0 Å². The van der Waals surface area contributed by atoms with Gasteiger partial charge in [-0.25, -0.2) is 0 Å². The number of hydrogen-bond donors (Lipinski definition) is 1. The molecule has 0 aliphatic carbocycles. The quantitative estimate of drug-likeness (QED) is 0.718. The van der Waals surface area contributed by atoms with Gasteiger partial charge in [-0.15, -0.1) is 21.2 Å². The van der Waals surface area contributed by atoms with E-state index in [1.165, 1.54) is 34.6 Å². The number of carbonyl (C=O) groups is 1. The Balaban J connectivity index is 0.000000591. The number of likely N-dealkylation sites (N-methyl/N-ethyl adjacent to an activating group) is 2. The zero-order chi connectivity index (χ0) is 20.8. The Labute approximate surface area is 190 Å². The van der Waals surface area contributed by atoms with Crippen LogP contribution in [0.2, 0.25) is 0 Å². The number of halogens is 1. The molecule has 0 spiro atoms. The van der Waals surface area contributed by atoms with Gasteiger partial charge in [0.15, 0.2) is 0 Å². The van der Waals surface area contributed by atoms with E-state index in [2.05, 4.69) is 53.5 Å². The second kappa shape index (κ2) is 11.5. The maximum absolute atomic E-state index is 9.00. The van der Waals surface area contributed by atoms with Gasteiger partial charge in [0.05, 0.1) is 23.5 Å². The van der Waals surface area contributed by atoms with E-state index in [0.29, 0.717) is 11.8 Å². The fraction of sp³-hybridized carbons (Fsp3) is 0.500. The lowest BCUT2D eigenvalue weighted by Crippen LogP contribution is -2.25. The van der Waals surface area contributed by atoms with Crippen LogP contribution in [0.5, 0.6) is 11.8 Å². The van der Waals surface area contributed by atoms with Gasteiger partial charge < -0.3 is 19.6 Å². The van der Waals surface area contributed by atoms with Crippen molar-refractivity contribution in [2.45, 2.75) is 19.8 Å². The van der Waals surface area contributed by atoms with Gasteiger partial charge in [-0.3, -0.25) is 4.79 Å². The fourth-order valence-corrected chi connectivity index (χ4v) is 4.14. The van der Waals surface area contributed by atoms with Gasteiger partial charge in [0, 0.05) is 33.1 Å². The summed E-state index contributed by atoms with van der Waals surface area (Å²) in [4.78, 5) is 13.5. The van der Waals surface area contributed by atoms with E-state index >= 15 is 0 Å². The van der Waals surface area contributed by atoms with Crippen LogP contribution in [-0.2, 0) is 4.79 Å². The van der Waals surface area contributed by atoms with Gasteiger partial charge in [0.2, 0.25) is 0 Å². The van der Waals surface area contributed by atoms with Crippen molar-refractivity contribution in [1.29, 1.82) is 0 Å². The van der Waals surface area contributed by atoms with E-state index in [-0.39, 0.29) is 12.4 Å². The molecule has 0 amide bonds. The highest BCUT2D eigenvalue weighted by Gasteiger charge is 2.23. The first-order valence-electron chi connectivity index (χ1n) is 9.22. The van der Waals surface area contributed by atoms with Crippen molar-refractivity contribution in [1.82, 2.24) is 27.3 Å². The molecule has 4 heterocycles. The molecule has 9 nitrogen and oxygen atoms in total. The molecule has 0 saturated heterocycles. The van der Waals surface area contributed by atoms with Gasteiger partial charge in [-0.05, 0) is 38.1 Å². The fourth-order valence-electron chi connectivity index (χ4n) is 3.11. The molecule has 0 fully saturated rings. The molecule has 0 saturated carbocycles. The molecule has 0 bridgehead atoms. The Kier molecular flexibility index (Phi) is 9.31. The number of ether oxygens (including phenoxy) is 1. The zero-order valence-electron chi connectivity index (χ0n) is 17.1. The van der Waals surface area contributed by atoms with E-state index in [1.54, 1.807) is 0 Å². The average Bonchev–Trinajstić information content (AvgIpc) is 3.31. The topological polar surface area (TPSA) is 105 Å². The Morgan fingerprint density at radius 2 is 1.33 bits per heavy atom. The molecule has 30 heavy (non-hydrogen) atoms. The molecule has 2 aliphatic heterocycles. The monoisotopic (exact) mass is 472 g/mol. The van der Waals surface area contributed by atoms with Crippen LogP contribution >= 0.6 is 35.9 Å². The first-order chi connectivity index (χ1) is 13.9. The van der Waals surface area contributed by atoms with Crippen LogP contribution in [0, 0.1) is 0 Å². The van der Waals surface area contributed by atoms with Crippen LogP contribution in [0.25, 0.3) is 11.1 Å². The predicted molar refractivity (Wildman–Crippen MR) is 121 cm³/mol. The minimum atomic E-state index is -0.833. The van der Waals surface area contributed by atoms with E-state index in [1.807, 2.05) is 0 Å². The summed E-state index contributed by atoms with van der Waals surface area (Å²) in [6.07, 6.45) is 6.49. The summed E-state index contributed by atoms with van der Waals surface area (Å²) < 4.78 is 23.7. The Hall–Kier alpha value is -1.92. The molecule has 4 rings (SSSR count). The SMILES string of the molecule is CC(=O)O.CN1CCC=C(c2nsnc2Oc2nsnc2C2=CCCN(C)C2)C1.Cl. The van der Waals surface area contributed by atoms with Crippen molar-refractivity contribution < 1.29 is 14.6 Å². The molecule has 2 aromatic heterocycles. The number of rotatable bonds is 4. The number of nitrogens with zero attached hydrogens (tertiary/aromatic N) is 6. The van der Waals surface area contributed by atoms with Gasteiger partial charge in [-0.1, -0.05) is 12.2 Å². The highest BCUT2D eigenvalue weighted by Crippen LogP contribution is 2.34. The second-order valence-electron chi connectivity index (χ2n) is 6.97.